The molecule has 0 bridgehead atoms. The summed E-state index contributed by atoms with van der Waals surface area (Å²) in [4.78, 5) is 14.2. The van der Waals surface area contributed by atoms with E-state index in [1.165, 1.54) is 6.92 Å². The normalized spacial score (nSPS) is 9.93. The summed E-state index contributed by atoms with van der Waals surface area (Å²) in [6, 6.07) is 1.59. The molecule has 0 aliphatic heterocycles. The summed E-state index contributed by atoms with van der Waals surface area (Å²) in [5, 5.41) is 8.63. The predicted octanol–water partition coefficient (Wildman–Crippen LogP) is 2.01. The highest BCUT2D eigenvalue weighted by atomic mass is 19.3. The van der Waals surface area contributed by atoms with Crippen LogP contribution in [0.25, 0.3) is 0 Å². The van der Waals surface area contributed by atoms with E-state index < -0.39 is 12.0 Å². The zero-order valence-electron chi connectivity index (χ0n) is 7.29. The number of halogens is 2. The summed E-state index contributed by atoms with van der Waals surface area (Å²) in [6.07, 6.45) is -1.50. The van der Waals surface area contributed by atoms with Gasteiger partial charge in [0.2, 0.25) is 0 Å². The van der Waals surface area contributed by atoms with Crippen molar-refractivity contribution < 1.29 is 13.6 Å². The van der Waals surface area contributed by atoms with E-state index in [2.05, 4.69) is 4.98 Å². The summed E-state index contributed by atoms with van der Waals surface area (Å²) in [5.74, 6) is 0. The Morgan fingerprint density at radius 3 is 2.71 bits per heavy atom. The highest BCUT2D eigenvalue weighted by Gasteiger charge is 2.18. The van der Waals surface area contributed by atoms with Crippen molar-refractivity contribution in [2.75, 3.05) is 0 Å². The van der Waals surface area contributed by atoms with Gasteiger partial charge in [0, 0.05) is 11.9 Å². The van der Waals surface area contributed by atoms with Crippen LogP contribution in [0, 0.1) is 18.3 Å². The van der Waals surface area contributed by atoms with Gasteiger partial charge in [-0.05, 0) is 6.92 Å². The van der Waals surface area contributed by atoms with E-state index in [4.69, 9.17) is 5.26 Å². The van der Waals surface area contributed by atoms with Crippen molar-refractivity contribution in [1.82, 2.24) is 4.98 Å². The number of carbonyl (C=O) groups is 1. The Kier molecular flexibility index (Phi) is 2.87. The number of carbonyl (C=O) groups excluding carboxylic acids is 1. The quantitative estimate of drug-likeness (QED) is 0.680. The number of nitriles is 1. The molecule has 0 amide bonds. The van der Waals surface area contributed by atoms with Gasteiger partial charge in [-0.25, -0.2) is 8.78 Å². The molecule has 1 aromatic heterocycles. The fraction of sp³-hybridized carbons (Fsp3) is 0.222. The van der Waals surface area contributed by atoms with Crippen molar-refractivity contribution in [3.63, 3.8) is 0 Å². The highest BCUT2D eigenvalue weighted by molar-refractivity contribution is 5.81. The molecular weight excluding hydrogens is 190 g/mol. The standard InChI is InChI=1S/C9H6F2N2O/c1-5-8(4-14)6(2-12)7(3-13-5)9(10)11/h3-4,9H,1H3. The minimum atomic E-state index is -2.79. The summed E-state index contributed by atoms with van der Waals surface area (Å²) < 4.78 is 24.7. The van der Waals surface area contributed by atoms with Crippen LogP contribution in [0.3, 0.4) is 0 Å². The molecule has 0 aromatic carbocycles. The third-order valence-corrected chi connectivity index (χ3v) is 1.81. The molecule has 3 nitrogen and oxygen atoms in total. The fourth-order valence-corrected chi connectivity index (χ4v) is 1.07. The third kappa shape index (κ3) is 1.59. The Balaban J connectivity index is 3.50. The molecule has 0 radical (unpaired) electrons. The maximum Gasteiger partial charge on any atom is 0.266 e. The molecule has 0 aliphatic rings. The molecule has 0 N–H and O–H groups in total. The molecule has 1 rings (SSSR count). The number of aryl methyl sites for hydroxylation is 1. The molecule has 0 aliphatic carbocycles. The average Bonchev–Trinajstić information content (AvgIpc) is 2.16. The van der Waals surface area contributed by atoms with Gasteiger partial charge in [-0.2, -0.15) is 5.26 Å². The second-order valence-corrected chi connectivity index (χ2v) is 2.62. The number of rotatable bonds is 2. The molecule has 72 valence electrons. The van der Waals surface area contributed by atoms with Crippen molar-refractivity contribution in [3.05, 3.63) is 28.6 Å². The van der Waals surface area contributed by atoms with Gasteiger partial charge in [0.05, 0.1) is 16.7 Å². The van der Waals surface area contributed by atoms with Gasteiger partial charge in [-0.1, -0.05) is 0 Å². The van der Waals surface area contributed by atoms with Crippen LogP contribution in [0.2, 0.25) is 0 Å². The monoisotopic (exact) mass is 196 g/mol. The number of hydrogen-bond donors (Lipinski definition) is 0. The third-order valence-electron chi connectivity index (χ3n) is 1.81. The number of alkyl halides is 2. The van der Waals surface area contributed by atoms with Crippen molar-refractivity contribution >= 4 is 6.29 Å². The molecular formula is C9H6F2N2O. The lowest BCUT2D eigenvalue weighted by molar-refractivity contribution is 0.112. The highest BCUT2D eigenvalue weighted by Crippen LogP contribution is 2.24. The van der Waals surface area contributed by atoms with Gasteiger partial charge in [-0.15, -0.1) is 0 Å². The van der Waals surface area contributed by atoms with Gasteiger partial charge in [0.25, 0.3) is 6.43 Å². The van der Waals surface area contributed by atoms with Crippen molar-refractivity contribution in [1.29, 1.82) is 5.26 Å². The molecule has 0 atom stereocenters. The van der Waals surface area contributed by atoms with E-state index in [0.29, 0.717) is 6.29 Å². The second kappa shape index (κ2) is 3.92. The van der Waals surface area contributed by atoms with Crippen LogP contribution in [-0.4, -0.2) is 11.3 Å². The summed E-state index contributed by atoms with van der Waals surface area (Å²) in [6.45, 7) is 1.49. The van der Waals surface area contributed by atoms with Crippen LogP contribution in [0.1, 0.15) is 33.6 Å². The van der Waals surface area contributed by atoms with Gasteiger partial charge in [0.1, 0.15) is 6.07 Å². The Morgan fingerprint density at radius 2 is 2.29 bits per heavy atom. The Hall–Kier alpha value is -1.83. The number of hydrogen-bond acceptors (Lipinski definition) is 3. The van der Waals surface area contributed by atoms with Gasteiger partial charge in [-0.3, -0.25) is 9.78 Å². The number of pyridine rings is 1. The molecule has 0 unspecified atom stereocenters. The van der Waals surface area contributed by atoms with Crippen LogP contribution in [0.4, 0.5) is 8.78 Å². The molecule has 0 saturated heterocycles. The van der Waals surface area contributed by atoms with Crippen molar-refractivity contribution in [2.45, 2.75) is 13.3 Å². The zero-order valence-corrected chi connectivity index (χ0v) is 7.29. The van der Waals surface area contributed by atoms with Gasteiger partial charge < -0.3 is 0 Å². The van der Waals surface area contributed by atoms with E-state index in [-0.39, 0.29) is 16.8 Å². The SMILES string of the molecule is Cc1ncc(C(F)F)c(C#N)c1C=O. The minimum absolute atomic E-state index is 0.0645. The summed E-state index contributed by atoms with van der Waals surface area (Å²) in [5.41, 5.74) is -0.575. The zero-order chi connectivity index (χ0) is 10.7. The second-order valence-electron chi connectivity index (χ2n) is 2.62. The predicted molar refractivity (Wildman–Crippen MR) is 44.0 cm³/mol. The first-order chi connectivity index (χ1) is 6.61. The van der Waals surface area contributed by atoms with Crippen LogP contribution in [0.15, 0.2) is 6.20 Å². The lowest BCUT2D eigenvalue weighted by atomic mass is 10.0. The minimum Gasteiger partial charge on any atom is -0.298 e. The topological polar surface area (TPSA) is 53.8 Å². The summed E-state index contributed by atoms with van der Waals surface area (Å²) >= 11 is 0. The first-order valence-electron chi connectivity index (χ1n) is 3.74. The Labute approximate surface area is 79.0 Å². The van der Waals surface area contributed by atoms with Crippen LogP contribution in [0.5, 0.6) is 0 Å². The molecule has 1 heterocycles. The average molecular weight is 196 g/mol. The largest absolute Gasteiger partial charge is 0.298 e. The Bertz CT molecular complexity index is 410. The maximum atomic E-state index is 12.4. The lowest BCUT2D eigenvalue weighted by Crippen LogP contribution is -2.01. The summed E-state index contributed by atoms with van der Waals surface area (Å²) in [7, 11) is 0. The maximum absolute atomic E-state index is 12.4. The fourth-order valence-electron chi connectivity index (χ4n) is 1.07. The van der Waals surface area contributed by atoms with Crippen LogP contribution < -0.4 is 0 Å². The van der Waals surface area contributed by atoms with Crippen molar-refractivity contribution in [3.8, 4) is 6.07 Å². The molecule has 1 aromatic rings. The van der Waals surface area contributed by atoms with Crippen molar-refractivity contribution in [2.24, 2.45) is 0 Å². The van der Waals surface area contributed by atoms with Gasteiger partial charge in [0.15, 0.2) is 6.29 Å². The first-order valence-corrected chi connectivity index (χ1v) is 3.74. The van der Waals surface area contributed by atoms with E-state index in [9.17, 15) is 13.6 Å². The molecule has 0 spiro atoms. The molecule has 5 heteroatoms. The van der Waals surface area contributed by atoms with E-state index in [1.807, 2.05) is 0 Å². The number of aromatic nitrogens is 1. The smallest absolute Gasteiger partial charge is 0.266 e. The van der Waals surface area contributed by atoms with Gasteiger partial charge >= 0.3 is 0 Å². The first kappa shape index (κ1) is 10.3. The molecule has 0 fully saturated rings. The van der Waals surface area contributed by atoms with Crippen LogP contribution >= 0.6 is 0 Å². The van der Waals surface area contributed by atoms with E-state index >= 15 is 0 Å². The van der Waals surface area contributed by atoms with E-state index in [0.717, 1.165) is 6.20 Å². The molecule has 14 heavy (non-hydrogen) atoms. The van der Waals surface area contributed by atoms with E-state index in [1.54, 1.807) is 6.07 Å². The lowest BCUT2D eigenvalue weighted by Gasteiger charge is -2.05. The molecule has 0 saturated carbocycles. The number of nitrogens with zero attached hydrogens (tertiary/aromatic N) is 2. The Morgan fingerprint density at radius 1 is 1.64 bits per heavy atom. The van der Waals surface area contributed by atoms with Crippen LogP contribution in [-0.2, 0) is 0 Å². The number of aldehydes is 1.